The lowest BCUT2D eigenvalue weighted by Gasteiger charge is -2.45. The summed E-state index contributed by atoms with van der Waals surface area (Å²) in [5.41, 5.74) is 12.4. The molecule has 2 aliphatic carbocycles. The van der Waals surface area contributed by atoms with Crippen molar-refractivity contribution in [2.75, 3.05) is 6.54 Å². The molecule has 3 aliphatic rings. The highest BCUT2D eigenvalue weighted by atomic mass is 127. The van der Waals surface area contributed by atoms with E-state index in [0.717, 1.165) is 36.8 Å². The van der Waals surface area contributed by atoms with E-state index in [9.17, 15) is 9.59 Å². The molecular formula is C20H21IN4O3. The first-order valence-electron chi connectivity index (χ1n) is 9.20. The smallest absolute Gasteiger partial charge is 0.263 e. The molecule has 1 aliphatic heterocycles. The number of amides is 2. The summed E-state index contributed by atoms with van der Waals surface area (Å²) in [5, 5.41) is 0. The molecule has 8 heteroatoms. The number of guanidine groups is 1. The van der Waals surface area contributed by atoms with Crippen molar-refractivity contribution in [1.82, 2.24) is 4.90 Å². The van der Waals surface area contributed by atoms with Gasteiger partial charge in [-0.15, -0.1) is 6.42 Å². The van der Waals surface area contributed by atoms with E-state index in [1.54, 1.807) is 0 Å². The Morgan fingerprint density at radius 1 is 1.43 bits per heavy atom. The molecule has 0 radical (unpaired) electrons. The molecule has 1 aromatic rings. The number of hydrogen-bond acceptors (Lipinski definition) is 5. The molecule has 0 aromatic heterocycles. The Morgan fingerprint density at radius 2 is 2.14 bits per heavy atom. The minimum absolute atomic E-state index is 0.0365. The molecule has 2 spiro atoms. The van der Waals surface area contributed by atoms with Gasteiger partial charge in [0.2, 0.25) is 5.91 Å². The lowest BCUT2D eigenvalue weighted by molar-refractivity contribution is -0.139. The Kier molecular flexibility index (Phi) is 4.62. The fraction of sp³-hybridized carbons (Fsp3) is 0.450. The lowest BCUT2D eigenvalue weighted by Crippen LogP contribution is -2.53. The Hall–Kier alpha value is -2.12. The summed E-state index contributed by atoms with van der Waals surface area (Å²) in [5.74, 6) is 1.76. The monoisotopic (exact) mass is 492 g/mol. The molecule has 2 amide bonds. The molecule has 7 nitrogen and oxygen atoms in total. The third-order valence-electron chi connectivity index (χ3n) is 6.41. The number of primary amides is 1. The second-order valence-corrected chi connectivity index (χ2v) is 8.31. The van der Waals surface area contributed by atoms with Gasteiger partial charge in [-0.05, 0) is 55.4 Å². The fourth-order valence-corrected chi connectivity index (χ4v) is 5.62. The maximum absolute atomic E-state index is 13.7. The van der Waals surface area contributed by atoms with Crippen molar-refractivity contribution in [2.45, 2.75) is 43.7 Å². The number of rotatable bonds is 3. The van der Waals surface area contributed by atoms with Gasteiger partial charge in [0.15, 0.2) is 11.5 Å². The molecule has 146 valence electrons. The van der Waals surface area contributed by atoms with Crippen LogP contribution >= 0.6 is 23.0 Å². The summed E-state index contributed by atoms with van der Waals surface area (Å²) in [6, 6.07) is 5.74. The molecule has 28 heavy (non-hydrogen) atoms. The standard InChI is InChI=1S/C20H21IN4O3/c1-2-12-3-4-13-10-19(7-5-14(28-21)6-8-19)20(15(13)9-12)17(27)25(11-16(22)26)18(23)24-20/h1,3-4,9,14H,5-8,10-11H2,(H2,22,26)(H2,23,24)/t14?,19?,20-/m1/s1. The number of carbonyl (C=O) groups excluding carboxylic acids is 2. The van der Waals surface area contributed by atoms with Crippen LogP contribution in [0.15, 0.2) is 23.2 Å². The van der Waals surface area contributed by atoms with Crippen molar-refractivity contribution in [2.24, 2.45) is 21.9 Å². The van der Waals surface area contributed by atoms with E-state index in [1.165, 1.54) is 4.90 Å². The first-order chi connectivity index (χ1) is 13.4. The predicted octanol–water partition coefficient (Wildman–Crippen LogP) is 1.36. The molecule has 1 saturated carbocycles. The van der Waals surface area contributed by atoms with Crippen molar-refractivity contribution >= 4 is 40.8 Å². The Labute approximate surface area is 177 Å². The zero-order valence-electron chi connectivity index (χ0n) is 15.3. The quantitative estimate of drug-likeness (QED) is 0.491. The number of aliphatic imine (C=N–C) groups is 1. The number of nitrogens with two attached hydrogens (primary N) is 2. The van der Waals surface area contributed by atoms with E-state index in [4.69, 9.17) is 25.9 Å². The normalized spacial score (nSPS) is 31.1. The van der Waals surface area contributed by atoms with Gasteiger partial charge in [0.25, 0.3) is 5.91 Å². The van der Waals surface area contributed by atoms with Crippen LogP contribution in [0, 0.1) is 17.8 Å². The molecule has 1 heterocycles. The Morgan fingerprint density at radius 3 is 2.75 bits per heavy atom. The topological polar surface area (TPSA) is 111 Å². The zero-order valence-corrected chi connectivity index (χ0v) is 17.4. The number of terminal acetylenes is 1. The maximum Gasteiger partial charge on any atom is 0.263 e. The Bertz CT molecular complexity index is 930. The number of benzene rings is 1. The predicted molar refractivity (Wildman–Crippen MR) is 112 cm³/mol. The first kappa shape index (κ1) is 19.2. The van der Waals surface area contributed by atoms with Gasteiger partial charge in [0.1, 0.15) is 29.6 Å². The maximum atomic E-state index is 13.7. The summed E-state index contributed by atoms with van der Waals surface area (Å²) >= 11 is 1.94. The third kappa shape index (κ3) is 2.56. The van der Waals surface area contributed by atoms with Crippen LogP contribution in [0.1, 0.15) is 42.4 Å². The van der Waals surface area contributed by atoms with Gasteiger partial charge < -0.3 is 14.5 Å². The highest BCUT2D eigenvalue weighted by Gasteiger charge is 2.66. The number of fused-ring (bicyclic) bond motifs is 3. The van der Waals surface area contributed by atoms with Crippen LogP contribution in [-0.4, -0.2) is 35.3 Å². The molecule has 1 aromatic carbocycles. The van der Waals surface area contributed by atoms with Crippen molar-refractivity contribution in [3.8, 4) is 12.3 Å². The number of nitrogens with zero attached hydrogens (tertiary/aromatic N) is 2. The SMILES string of the molecule is C#Cc1ccc2c(c1)[C@]1(N=C(N)N(CC(N)=O)C1=O)C1(CCC(OI)CC1)C2. The zero-order chi connectivity index (χ0) is 20.1. The van der Waals surface area contributed by atoms with E-state index >= 15 is 0 Å². The molecule has 1 atom stereocenters. The Balaban J connectivity index is 1.87. The summed E-state index contributed by atoms with van der Waals surface area (Å²) in [6.45, 7) is -0.282. The highest BCUT2D eigenvalue weighted by molar-refractivity contribution is 14.1. The van der Waals surface area contributed by atoms with E-state index < -0.39 is 16.9 Å². The van der Waals surface area contributed by atoms with Crippen molar-refractivity contribution in [3.05, 3.63) is 34.9 Å². The second-order valence-electron chi connectivity index (χ2n) is 7.80. The molecular weight excluding hydrogens is 471 g/mol. The molecule has 0 bridgehead atoms. The average Bonchev–Trinajstić information content (AvgIpc) is 3.09. The largest absolute Gasteiger partial charge is 0.369 e. The minimum atomic E-state index is -1.16. The van der Waals surface area contributed by atoms with Gasteiger partial charge in [-0.25, -0.2) is 4.99 Å². The molecule has 4 rings (SSSR count). The molecule has 0 saturated heterocycles. The molecule has 1 fully saturated rings. The summed E-state index contributed by atoms with van der Waals surface area (Å²) < 4.78 is 5.51. The number of carbonyl (C=O) groups is 2. The van der Waals surface area contributed by atoms with E-state index in [0.29, 0.717) is 12.0 Å². The van der Waals surface area contributed by atoms with Crippen molar-refractivity contribution in [3.63, 3.8) is 0 Å². The minimum Gasteiger partial charge on any atom is -0.369 e. The van der Waals surface area contributed by atoms with E-state index in [1.807, 2.05) is 41.2 Å². The molecule has 4 N–H and O–H groups in total. The number of hydrogen-bond donors (Lipinski definition) is 2. The van der Waals surface area contributed by atoms with Gasteiger partial charge >= 0.3 is 0 Å². The van der Waals surface area contributed by atoms with Crippen LogP contribution in [0.2, 0.25) is 0 Å². The van der Waals surface area contributed by atoms with Crippen LogP contribution < -0.4 is 11.5 Å². The summed E-state index contributed by atoms with van der Waals surface area (Å²) in [7, 11) is 0. The van der Waals surface area contributed by atoms with Gasteiger partial charge in [-0.1, -0.05) is 12.0 Å². The van der Waals surface area contributed by atoms with Crippen molar-refractivity contribution < 1.29 is 12.7 Å². The summed E-state index contributed by atoms with van der Waals surface area (Å²) in [6.07, 6.45) is 9.69. The van der Waals surface area contributed by atoms with Gasteiger partial charge in [0, 0.05) is 11.0 Å². The molecule has 0 unspecified atom stereocenters. The van der Waals surface area contributed by atoms with Gasteiger partial charge in [0.05, 0.1) is 6.10 Å². The van der Waals surface area contributed by atoms with Crippen LogP contribution in [0.25, 0.3) is 0 Å². The number of halogens is 1. The fourth-order valence-electron chi connectivity index (χ4n) is 5.12. The van der Waals surface area contributed by atoms with E-state index in [2.05, 4.69) is 5.92 Å². The van der Waals surface area contributed by atoms with Gasteiger partial charge in [-0.2, -0.15) is 0 Å². The lowest BCUT2D eigenvalue weighted by atomic mass is 9.61. The van der Waals surface area contributed by atoms with Crippen molar-refractivity contribution in [1.29, 1.82) is 0 Å². The summed E-state index contributed by atoms with van der Waals surface area (Å²) in [4.78, 5) is 31.2. The average molecular weight is 492 g/mol. The van der Waals surface area contributed by atoms with Gasteiger partial charge in [-0.3, -0.25) is 14.5 Å². The van der Waals surface area contributed by atoms with E-state index in [-0.39, 0.29) is 24.5 Å². The highest BCUT2D eigenvalue weighted by Crippen LogP contribution is 2.62. The second kappa shape index (κ2) is 6.74. The van der Waals surface area contributed by atoms with Crippen LogP contribution in [0.3, 0.4) is 0 Å². The first-order valence-corrected chi connectivity index (χ1v) is 10.1. The van der Waals surface area contributed by atoms with Crippen LogP contribution in [-0.2, 0) is 24.6 Å². The van der Waals surface area contributed by atoms with Crippen LogP contribution in [0.4, 0.5) is 0 Å². The third-order valence-corrected chi connectivity index (χ3v) is 7.12. The van der Waals surface area contributed by atoms with Crippen LogP contribution in [0.5, 0.6) is 0 Å².